The van der Waals surface area contributed by atoms with E-state index < -0.39 is 47.6 Å². The molecule has 23 heavy (non-hydrogen) atoms. The molecule has 0 rings (SSSR count). The molecule has 0 spiro atoms. The first-order valence-corrected chi connectivity index (χ1v) is 7.17. The molecule has 0 aromatic heterocycles. The van der Waals surface area contributed by atoms with Gasteiger partial charge < -0.3 is 5.11 Å². The fourth-order valence-electron chi connectivity index (χ4n) is 2.20. The number of carbonyl (C=O) groups excluding carboxylic acids is 1. The first-order chi connectivity index (χ1) is 10.1. The lowest BCUT2D eigenvalue weighted by molar-refractivity contribution is -0.190. The summed E-state index contributed by atoms with van der Waals surface area (Å²) in [7, 11) is 0. The number of aliphatic hydroxyl groups is 1. The Morgan fingerprint density at radius 2 is 1.22 bits per heavy atom. The van der Waals surface area contributed by atoms with Gasteiger partial charge >= 0.3 is 12.4 Å². The largest absolute Gasteiger partial charge is 0.512 e. The normalized spacial score (nSPS) is 15.0. The quantitative estimate of drug-likeness (QED) is 0.362. The molecular formula is C15H22F6O2. The Balaban J connectivity index is 5.72. The molecule has 0 aromatic carbocycles. The lowest BCUT2D eigenvalue weighted by Gasteiger charge is -2.31. The number of hydrogen-bond acceptors (Lipinski definition) is 2. The highest BCUT2D eigenvalue weighted by Gasteiger charge is 2.49. The van der Waals surface area contributed by atoms with Crippen LogP contribution >= 0.6 is 0 Å². The van der Waals surface area contributed by atoms with Gasteiger partial charge in [0.2, 0.25) is 0 Å². The molecule has 0 fully saturated rings. The molecule has 0 aliphatic carbocycles. The molecule has 0 aliphatic heterocycles. The highest BCUT2D eigenvalue weighted by molar-refractivity contribution is 5.94. The first kappa shape index (κ1) is 21.8. The molecule has 136 valence electrons. The predicted octanol–water partition coefficient (Wildman–Crippen LogP) is 5.73. The van der Waals surface area contributed by atoms with Crippen LogP contribution in [-0.4, -0.2) is 23.2 Å². The van der Waals surface area contributed by atoms with Crippen molar-refractivity contribution in [3.8, 4) is 0 Å². The zero-order valence-electron chi connectivity index (χ0n) is 13.5. The van der Waals surface area contributed by atoms with Crippen LogP contribution in [-0.2, 0) is 4.79 Å². The Labute approximate surface area is 131 Å². The third-order valence-corrected chi connectivity index (χ3v) is 4.22. The molecule has 8 heteroatoms. The van der Waals surface area contributed by atoms with Gasteiger partial charge in [-0.2, -0.15) is 26.3 Å². The maximum absolute atomic E-state index is 12.6. The van der Waals surface area contributed by atoms with Gasteiger partial charge in [0.25, 0.3) is 0 Å². The van der Waals surface area contributed by atoms with Gasteiger partial charge in [-0.15, -0.1) is 0 Å². The molecule has 0 radical (unpaired) electrons. The molecule has 0 atom stereocenters. The second-order valence-electron chi connectivity index (χ2n) is 6.31. The van der Waals surface area contributed by atoms with Crippen LogP contribution in [0.25, 0.3) is 0 Å². The van der Waals surface area contributed by atoms with Crippen molar-refractivity contribution in [1.29, 1.82) is 0 Å². The number of allylic oxidation sites excluding steroid dienone is 2. The zero-order valence-corrected chi connectivity index (χ0v) is 13.5. The first-order valence-electron chi connectivity index (χ1n) is 7.17. The van der Waals surface area contributed by atoms with Gasteiger partial charge in [-0.25, -0.2) is 0 Å². The average molecular weight is 348 g/mol. The summed E-state index contributed by atoms with van der Waals surface area (Å²) in [6.07, 6.45) is -12.4. The summed E-state index contributed by atoms with van der Waals surface area (Å²) < 4.78 is 75.6. The Kier molecular flexibility index (Phi) is 6.76. The van der Waals surface area contributed by atoms with E-state index in [-0.39, 0.29) is 0 Å². The van der Waals surface area contributed by atoms with Crippen LogP contribution in [0.1, 0.15) is 53.4 Å². The monoisotopic (exact) mass is 348 g/mol. The van der Waals surface area contributed by atoms with E-state index in [9.17, 15) is 36.2 Å². The van der Waals surface area contributed by atoms with E-state index in [0.717, 1.165) is 0 Å². The summed E-state index contributed by atoms with van der Waals surface area (Å²) >= 11 is 0. The summed E-state index contributed by atoms with van der Waals surface area (Å²) in [5.74, 6) is -1.87. The summed E-state index contributed by atoms with van der Waals surface area (Å²) in [6, 6.07) is 0. The number of hydrogen-bond donors (Lipinski definition) is 1. The SMILES string of the molecule is CCC(C)(CC)C(=O)/C=C(\O)C(C)(CC(F)(F)F)CC(F)(F)F. The molecule has 1 N–H and O–H groups in total. The van der Waals surface area contributed by atoms with Crippen molar-refractivity contribution in [2.45, 2.75) is 65.7 Å². The van der Waals surface area contributed by atoms with Crippen LogP contribution in [0, 0.1) is 10.8 Å². The maximum Gasteiger partial charge on any atom is 0.390 e. The number of halogens is 6. The van der Waals surface area contributed by atoms with Crippen molar-refractivity contribution in [3.63, 3.8) is 0 Å². The van der Waals surface area contributed by atoms with E-state index >= 15 is 0 Å². The molecule has 0 amide bonds. The second kappa shape index (κ2) is 7.13. The van der Waals surface area contributed by atoms with Gasteiger partial charge in [0.1, 0.15) is 5.76 Å². The van der Waals surface area contributed by atoms with E-state index in [0.29, 0.717) is 25.8 Å². The maximum atomic E-state index is 12.6. The number of aliphatic hydroxyl groups excluding tert-OH is 1. The van der Waals surface area contributed by atoms with Crippen LogP contribution in [0.2, 0.25) is 0 Å². The van der Waals surface area contributed by atoms with Crippen molar-refractivity contribution >= 4 is 5.78 Å². The topological polar surface area (TPSA) is 37.3 Å². The van der Waals surface area contributed by atoms with Crippen LogP contribution in [0.4, 0.5) is 26.3 Å². The average Bonchev–Trinajstić information content (AvgIpc) is 2.32. The van der Waals surface area contributed by atoms with Crippen molar-refractivity contribution in [3.05, 3.63) is 11.8 Å². The Morgan fingerprint density at radius 1 is 0.870 bits per heavy atom. The third-order valence-electron chi connectivity index (χ3n) is 4.22. The minimum Gasteiger partial charge on any atom is -0.512 e. The Hall–Kier alpha value is -1.21. The van der Waals surface area contributed by atoms with Gasteiger partial charge in [-0.1, -0.05) is 27.7 Å². The van der Waals surface area contributed by atoms with Crippen LogP contribution in [0.5, 0.6) is 0 Å². The minimum absolute atomic E-state index is 0.349. The number of rotatable bonds is 7. The summed E-state index contributed by atoms with van der Waals surface area (Å²) in [4.78, 5) is 12.1. The standard InChI is InChI=1S/C15H22F6O2/c1-5-12(3,6-2)10(22)7-11(23)13(4,8-14(16,17)18)9-15(19,20)21/h7,23H,5-6,8-9H2,1-4H3/b11-7-. The van der Waals surface area contributed by atoms with E-state index in [4.69, 9.17) is 0 Å². The van der Waals surface area contributed by atoms with Crippen molar-refractivity contribution in [1.82, 2.24) is 0 Å². The fourth-order valence-corrected chi connectivity index (χ4v) is 2.20. The van der Waals surface area contributed by atoms with Gasteiger partial charge in [0.05, 0.1) is 12.8 Å². The Morgan fingerprint density at radius 3 is 1.48 bits per heavy atom. The van der Waals surface area contributed by atoms with Gasteiger partial charge in [0.15, 0.2) is 5.78 Å². The van der Waals surface area contributed by atoms with E-state index in [1.807, 2.05) is 0 Å². The second-order valence-corrected chi connectivity index (χ2v) is 6.31. The molecule has 0 saturated heterocycles. The van der Waals surface area contributed by atoms with Crippen LogP contribution in [0.15, 0.2) is 11.8 Å². The zero-order chi connectivity index (χ0) is 18.7. The van der Waals surface area contributed by atoms with E-state index in [2.05, 4.69) is 0 Å². The highest BCUT2D eigenvalue weighted by Crippen LogP contribution is 2.46. The molecule has 2 nitrogen and oxygen atoms in total. The number of alkyl halides is 6. The number of ketones is 1. The van der Waals surface area contributed by atoms with Crippen molar-refractivity contribution in [2.75, 3.05) is 0 Å². The molecule has 0 aliphatic rings. The molecule has 0 saturated carbocycles. The van der Waals surface area contributed by atoms with E-state index in [1.165, 1.54) is 0 Å². The minimum atomic E-state index is -4.91. The lowest BCUT2D eigenvalue weighted by Crippen LogP contribution is -2.34. The fraction of sp³-hybridized carbons (Fsp3) is 0.800. The van der Waals surface area contributed by atoms with E-state index in [1.54, 1.807) is 20.8 Å². The molecule has 0 bridgehead atoms. The molecule has 0 heterocycles. The summed E-state index contributed by atoms with van der Waals surface area (Å²) in [5, 5.41) is 9.86. The highest BCUT2D eigenvalue weighted by atomic mass is 19.4. The molecule has 0 aromatic rings. The Bertz CT molecular complexity index is 428. The molecule has 0 unspecified atom stereocenters. The molecular weight excluding hydrogens is 326 g/mol. The van der Waals surface area contributed by atoms with Gasteiger partial charge in [-0.3, -0.25) is 4.79 Å². The smallest absolute Gasteiger partial charge is 0.390 e. The summed E-state index contributed by atoms with van der Waals surface area (Å²) in [6.45, 7) is 5.56. The van der Waals surface area contributed by atoms with Crippen molar-refractivity contribution in [2.24, 2.45) is 10.8 Å². The lowest BCUT2D eigenvalue weighted by atomic mass is 9.76. The predicted molar refractivity (Wildman–Crippen MR) is 73.9 cm³/mol. The van der Waals surface area contributed by atoms with Crippen LogP contribution in [0.3, 0.4) is 0 Å². The van der Waals surface area contributed by atoms with Gasteiger partial charge in [-0.05, 0) is 12.8 Å². The van der Waals surface area contributed by atoms with Gasteiger partial charge in [0, 0.05) is 16.9 Å². The van der Waals surface area contributed by atoms with Crippen LogP contribution < -0.4 is 0 Å². The van der Waals surface area contributed by atoms with Crippen molar-refractivity contribution < 1.29 is 36.2 Å². The summed E-state index contributed by atoms with van der Waals surface area (Å²) in [5.41, 5.74) is -3.57. The number of carbonyl (C=O) groups is 1. The third kappa shape index (κ3) is 6.83.